The molecule has 13 heavy (non-hydrogen) atoms. The van der Waals surface area contributed by atoms with Crippen LogP contribution in [0.2, 0.25) is 0 Å². The predicted octanol–water partition coefficient (Wildman–Crippen LogP) is 1.00. The Morgan fingerprint density at radius 1 is 1.38 bits per heavy atom. The lowest BCUT2D eigenvalue weighted by Crippen LogP contribution is -2.51. The molecule has 0 aliphatic rings. The van der Waals surface area contributed by atoms with Gasteiger partial charge in [-0.25, -0.2) is 9.59 Å². The highest BCUT2D eigenvalue weighted by atomic mass is 31.0. The first kappa shape index (κ1) is 12.6. The number of carbonyl (C=O) groups excluding carboxylic acids is 2. The molecule has 0 aliphatic carbocycles. The van der Waals surface area contributed by atoms with Gasteiger partial charge in [-0.1, -0.05) is 6.92 Å². The molecule has 0 saturated heterocycles. The number of amides is 1. The van der Waals surface area contributed by atoms with E-state index >= 15 is 0 Å². The standard InChI is InChI=1S/C6H13NO4P2/c1-3-6(2,4(8)10-12)7-5(9)11-13/h3,12-13H2,1-2H3,(H,7,9). The molecule has 0 radical (unpaired) electrons. The van der Waals surface area contributed by atoms with Crippen LogP contribution in [0.4, 0.5) is 4.79 Å². The van der Waals surface area contributed by atoms with Crippen molar-refractivity contribution in [2.24, 2.45) is 0 Å². The van der Waals surface area contributed by atoms with E-state index in [0.29, 0.717) is 6.42 Å². The molecule has 3 atom stereocenters. The van der Waals surface area contributed by atoms with E-state index in [1.807, 2.05) is 9.47 Å². The first-order chi connectivity index (χ1) is 6.00. The molecule has 0 bridgehead atoms. The minimum atomic E-state index is -1.05. The lowest BCUT2D eigenvalue weighted by molar-refractivity contribution is -0.139. The highest BCUT2D eigenvalue weighted by molar-refractivity contribution is 7.11. The third kappa shape index (κ3) is 3.45. The topological polar surface area (TPSA) is 64.6 Å². The van der Waals surface area contributed by atoms with Crippen LogP contribution < -0.4 is 5.32 Å². The van der Waals surface area contributed by atoms with Gasteiger partial charge in [0.25, 0.3) is 0 Å². The lowest BCUT2D eigenvalue weighted by atomic mass is 10.00. The van der Waals surface area contributed by atoms with E-state index in [1.165, 1.54) is 0 Å². The van der Waals surface area contributed by atoms with E-state index in [1.54, 1.807) is 23.3 Å². The van der Waals surface area contributed by atoms with Crippen molar-refractivity contribution in [2.75, 3.05) is 0 Å². The van der Waals surface area contributed by atoms with Crippen LogP contribution in [-0.4, -0.2) is 17.6 Å². The number of hydrogen-bond donors (Lipinski definition) is 1. The first-order valence-corrected chi connectivity index (χ1v) is 4.54. The van der Waals surface area contributed by atoms with E-state index in [4.69, 9.17) is 0 Å². The van der Waals surface area contributed by atoms with Crippen LogP contribution >= 0.6 is 18.9 Å². The second kappa shape index (κ2) is 5.36. The fourth-order valence-corrected chi connectivity index (χ4v) is 0.988. The fourth-order valence-electron chi connectivity index (χ4n) is 0.669. The highest BCUT2D eigenvalue weighted by Crippen LogP contribution is 2.13. The van der Waals surface area contributed by atoms with E-state index in [0.717, 1.165) is 0 Å². The minimum absolute atomic E-state index is 0.417. The zero-order chi connectivity index (χ0) is 10.5. The molecule has 0 aromatic carbocycles. The van der Waals surface area contributed by atoms with Crippen LogP contribution in [0.3, 0.4) is 0 Å². The summed E-state index contributed by atoms with van der Waals surface area (Å²) in [5.74, 6) is -0.532. The van der Waals surface area contributed by atoms with Crippen molar-refractivity contribution in [3.63, 3.8) is 0 Å². The van der Waals surface area contributed by atoms with Crippen molar-refractivity contribution < 1.29 is 18.6 Å². The molecule has 3 unspecified atom stereocenters. The van der Waals surface area contributed by atoms with Gasteiger partial charge < -0.3 is 14.4 Å². The maximum atomic E-state index is 11.2. The van der Waals surface area contributed by atoms with Crippen LogP contribution in [-0.2, 0) is 13.8 Å². The van der Waals surface area contributed by atoms with Crippen LogP contribution in [0.1, 0.15) is 20.3 Å². The van der Waals surface area contributed by atoms with Gasteiger partial charge >= 0.3 is 12.1 Å². The first-order valence-electron chi connectivity index (χ1n) is 3.60. The fraction of sp³-hybridized carbons (Fsp3) is 0.667. The number of carbonyl (C=O) groups is 2. The largest absolute Gasteiger partial charge is 0.450 e. The molecule has 0 saturated carbocycles. The zero-order valence-electron chi connectivity index (χ0n) is 7.49. The average Bonchev–Trinajstić information content (AvgIpc) is 2.15. The molecule has 1 amide bonds. The van der Waals surface area contributed by atoms with Crippen molar-refractivity contribution in [1.29, 1.82) is 0 Å². The smallest absolute Gasteiger partial charge is 0.410 e. The van der Waals surface area contributed by atoms with E-state index < -0.39 is 17.6 Å². The third-order valence-corrected chi connectivity index (χ3v) is 2.18. The van der Waals surface area contributed by atoms with Crippen molar-refractivity contribution >= 4 is 31.0 Å². The second-order valence-electron chi connectivity index (χ2n) is 2.62. The molecule has 0 aromatic rings. The monoisotopic (exact) mass is 225 g/mol. The molecule has 0 spiro atoms. The molecule has 0 aromatic heterocycles. The Morgan fingerprint density at radius 2 is 1.92 bits per heavy atom. The Bertz CT molecular complexity index is 211. The van der Waals surface area contributed by atoms with E-state index in [9.17, 15) is 9.59 Å². The summed E-state index contributed by atoms with van der Waals surface area (Å²) in [6, 6.07) is 0. The Morgan fingerprint density at radius 3 is 2.23 bits per heavy atom. The molecule has 76 valence electrons. The van der Waals surface area contributed by atoms with Crippen LogP contribution in [0, 0.1) is 0 Å². The van der Waals surface area contributed by atoms with Gasteiger partial charge in [0.2, 0.25) is 0 Å². The molecule has 5 nitrogen and oxygen atoms in total. The van der Waals surface area contributed by atoms with Crippen molar-refractivity contribution in [1.82, 2.24) is 5.32 Å². The minimum Gasteiger partial charge on any atom is -0.450 e. The Kier molecular flexibility index (Phi) is 5.19. The van der Waals surface area contributed by atoms with Gasteiger partial charge in [0.15, 0.2) is 0 Å². The molecule has 0 heterocycles. The van der Waals surface area contributed by atoms with Gasteiger partial charge in [0, 0.05) is 0 Å². The second-order valence-corrected chi connectivity index (χ2v) is 3.09. The SMILES string of the molecule is CCC(C)(NC(=O)OP)C(=O)OP. The van der Waals surface area contributed by atoms with Gasteiger partial charge in [-0.3, -0.25) is 0 Å². The molecule has 0 aliphatic heterocycles. The Labute approximate surface area is 81.5 Å². The Hall–Kier alpha value is -0.400. The summed E-state index contributed by atoms with van der Waals surface area (Å²) in [5, 5.41) is 2.37. The van der Waals surface area contributed by atoms with Gasteiger partial charge in [0.05, 0.1) is 18.9 Å². The molecule has 1 N–H and O–H groups in total. The van der Waals surface area contributed by atoms with Crippen molar-refractivity contribution in [3.05, 3.63) is 0 Å². The van der Waals surface area contributed by atoms with Crippen molar-refractivity contribution in [3.8, 4) is 0 Å². The van der Waals surface area contributed by atoms with Crippen molar-refractivity contribution in [2.45, 2.75) is 25.8 Å². The maximum Gasteiger partial charge on any atom is 0.410 e. The molecule has 0 rings (SSSR count). The van der Waals surface area contributed by atoms with Gasteiger partial charge in [0.1, 0.15) is 5.54 Å². The average molecular weight is 225 g/mol. The van der Waals surface area contributed by atoms with Crippen LogP contribution in [0.25, 0.3) is 0 Å². The summed E-state index contributed by atoms with van der Waals surface area (Å²) < 4.78 is 8.75. The summed E-state index contributed by atoms with van der Waals surface area (Å²) >= 11 is 0. The zero-order valence-corrected chi connectivity index (χ0v) is 9.80. The quantitative estimate of drug-likeness (QED) is 0.728. The van der Waals surface area contributed by atoms with E-state index in [2.05, 4.69) is 14.4 Å². The summed E-state index contributed by atoms with van der Waals surface area (Å²) in [7, 11) is 3.64. The van der Waals surface area contributed by atoms with E-state index in [-0.39, 0.29) is 0 Å². The summed E-state index contributed by atoms with van der Waals surface area (Å²) in [6.45, 7) is 3.31. The molecular formula is C6H13NO4P2. The summed E-state index contributed by atoms with van der Waals surface area (Å²) in [4.78, 5) is 22.0. The van der Waals surface area contributed by atoms with Gasteiger partial charge in [-0.2, -0.15) is 0 Å². The van der Waals surface area contributed by atoms with Gasteiger partial charge in [-0.05, 0) is 13.3 Å². The summed E-state index contributed by atoms with van der Waals surface area (Å²) in [6.07, 6.45) is -0.273. The molecular weight excluding hydrogens is 212 g/mol. The Balaban J connectivity index is 4.45. The number of rotatable bonds is 3. The normalized spacial score (nSPS) is 14.2. The number of hydrogen-bond acceptors (Lipinski definition) is 4. The van der Waals surface area contributed by atoms with Crippen LogP contribution in [0.15, 0.2) is 0 Å². The molecule has 7 heteroatoms. The maximum absolute atomic E-state index is 11.2. The highest BCUT2D eigenvalue weighted by Gasteiger charge is 2.34. The van der Waals surface area contributed by atoms with Gasteiger partial charge in [-0.15, -0.1) is 0 Å². The molecule has 0 fully saturated rings. The predicted molar refractivity (Wildman–Crippen MR) is 53.8 cm³/mol. The third-order valence-electron chi connectivity index (χ3n) is 1.75. The van der Waals surface area contributed by atoms with Crippen LogP contribution in [0.5, 0.6) is 0 Å². The summed E-state index contributed by atoms with van der Waals surface area (Å²) in [5.41, 5.74) is -1.05. The number of nitrogens with one attached hydrogen (secondary N) is 1. The lowest BCUT2D eigenvalue weighted by Gasteiger charge is -2.25.